The summed E-state index contributed by atoms with van der Waals surface area (Å²) < 4.78 is 5.40. The zero-order valence-electron chi connectivity index (χ0n) is 20.1. The van der Waals surface area contributed by atoms with E-state index in [4.69, 9.17) is 4.74 Å². The Morgan fingerprint density at radius 3 is 2.32 bits per heavy atom. The molecule has 0 bridgehead atoms. The second-order valence-corrected chi connectivity index (χ2v) is 9.35. The molecule has 0 N–H and O–H groups in total. The van der Waals surface area contributed by atoms with Crippen LogP contribution in [0.1, 0.15) is 30.9 Å². The minimum atomic E-state index is 0.735. The Hall–Kier alpha value is -3.77. The predicted octanol–water partition coefficient (Wildman–Crippen LogP) is 7.60. The SMILES string of the molecule is COc1ccc(-c2c(-c3cccc4ccccc34)cc(N3CCC(C)CC3)c(C#N)c2C)cc1. The van der Waals surface area contributed by atoms with Crippen molar-refractivity contribution in [2.75, 3.05) is 25.1 Å². The first-order chi connectivity index (χ1) is 16.6. The van der Waals surface area contributed by atoms with Crippen LogP contribution >= 0.6 is 0 Å². The Balaban J connectivity index is 1.80. The van der Waals surface area contributed by atoms with Crippen molar-refractivity contribution in [3.8, 4) is 34.1 Å². The van der Waals surface area contributed by atoms with Crippen LogP contribution in [0.25, 0.3) is 33.0 Å². The molecule has 5 rings (SSSR count). The lowest BCUT2D eigenvalue weighted by Gasteiger charge is -2.34. The molecule has 0 spiro atoms. The maximum atomic E-state index is 10.3. The molecule has 3 nitrogen and oxygen atoms in total. The number of hydrogen-bond acceptors (Lipinski definition) is 3. The van der Waals surface area contributed by atoms with E-state index in [9.17, 15) is 5.26 Å². The van der Waals surface area contributed by atoms with Crippen molar-refractivity contribution in [3.63, 3.8) is 0 Å². The maximum absolute atomic E-state index is 10.3. The van der Waals surface area contributed by atoms with E-state index in [-0.39, 0.29) is 0 Å². The van der Waals surface area contributed by atoms with Crippen LogP contribution in [0.3, 0.4) is 0 Å². The van der Waals surface area contributed by atoms with E-state index in [0.29, 0.717) is 0 Å². The van der Waals surface area contributed by atoms with E-state index in [2.05, 4.69) is 85.5 Å². The lowest BCUT2D eigenvalue weighted by molar-refractivity contribution is 0.415. The minimum Gasteiger partial charge on any atom is -0.497 e. The summed E-state index contributed by atoms with van der Waals surface area (Å²) in [6.45, 7) is 6.41. The van der Waals surface area contributed by atoms with Crippen molar-refractivity contribution in [1.29, 1.82) is 5.26 Å². The van der Waals surface area contributed by atoms with Gasteiger partial charge in [-0.1, -0.05) is 61.5 Å². The number of anilines is 1. The fourth-order valence-corrected chi connectivity index (χ4v) is 5.24. The largest absolute Gasteiger partial charge is 0.497 e. The first-order valence-corrected chi connectivity index (χ1v) is 12.1. The van der Waals surface area contributed by atoms with Crippen LogP contribution in [-0.2, 0) is 0 Å². The third-order valence-electron chi connectivity index (χ3n) is 7.25. The zero-order valence-corrected chi connectivity index (χ0v) is 20.1. The monoisotopic (exact) mass is 446 g/mol. The van der Waals surface area contributed by atoms with Crippen LogP contribution in [0, 0.1) is 24.2 Å². The number of hydrogen-bond donors (Lipinski definition) is 0. The second kappa shape index (κ2) is 9.23. The average molecular weight is 447 g/mol. The highest BCUT2D eigenvalue weighted by Gasteiger charge is 2.24. The van der Waals surface area contributed by atoms with Gasteiger partial charge in [0.15, 0.2) is 0 Å². The number of methoxy groups -OCH3 is 1. The first kappa shape index (κ1) is 22.0. The maximum Gasteiger partial charge on any atom is 0.118 e. The Bertz CT molecular complexity index is 1370. The third kappa shape index (κ3) is 3.90. The molecule has 0 atom stereocenters. The van der Waals surface area contributed by atoms with Crippen LogP contribution in [0.4, 0.5) is 5.69 Å². The van der Waals surface area contributed by atoms with E-state index in [1.165, 1.54) is 21.9 Å². The summed E-state index contributed by atoms with van der Waals surface area (Å²) in [6, 6.07) is 28.0. The summed E-state index contributed by atoms with van der Waals surface area (Å²) >= 11 is 0. The summed E-state index contributed by atoms with van der Waals surface area (Å²) in [5, 5.41) is 12.7. The number of ether oxygens (including phenoxy) is 1. The molecule has 1 aliphatic rings. The predicted molar refractivity (Wildman–Crippen MR) is 141 cm³/mol. The molecule has 0 saturated carbocycles. The van der Waals surface area contributed by atoms with Gasteiger partial charge in [0.25, 0.3) is 0 Å². The van der Waals surface area contributed by atoms with Gasteiger partial charge in [0, 0.05) is 13.1 Å². The molecule has 0 radical (unpaired) electrons. The molecular formula is C31H30N2O. The average Bonchev–Trinajstić information content (AvgIpc) is 2.88. The molecule has 1 heterocycles. The van der Waals surface area contributed by atoms with Crippen LogP contribution in [-0.4, -0.2) is 20.2 Å². The quantitative estimate of drug-likeness (QED) is 0.324. The Morgan fingerprint density at radius 2 is 1.62 bits per heavy atom. The molecule has 1 saturated heterocycles. The van der Waals surface area contributed by atoms with Crippen LogP contribution in [0.5, 0.6) is 5.75 Å². The van der Waals surface area contributed by atoms with Crippen molar-refractivity contribution < 1.29 is 4.74 Å². The number of rotatable bonds is 4. The van der Waals surface area contributed by atoms with Gasteiger partial charge >= 0.3 is 0 Å². The molecule has 0 aliphatic carbocycles. The van der Waals surface area contributed by atoms with E-state index in [1.807, 2.05) is 12.1 Å². The summed E-state index contributed by atoms with van der Waals surface area (Å²) in [6.07, 6.45) is 2.32. The van der Waals surface area contributed by atoms with E-state index >= 15 is 0 Å². The molecule has 3 heteroatoms. The fourth-order valence-electron chi connectivity index (χ4n) is 5.24. The highest BCUT2D eigenvalue weighted by Crippen LogP contribution is 2.43. The molecular weight excluding hydrogens is 416 g/mol. The van der Waals surface area contributed by atoms with E-state index in [0.717, 1.165) is 65.5 Å². The van der Waals surface area contributed by atoms with Crippen molar-refractivity contribution in [1.82, 2.24) is 0 Å². The highest BCUT2D eigenvalue weighted by atomic mass is 16.5. The summed E-state index contributed by atoms with van der Waals surface area (Å²) in [7, 11) is 1.68. The summed E-state index contributed by atoms with van der Waals surface area (Å²) in [4.78, 5) is 2.41. The number of piperidine rings is 1. The van der Waals surface area contributed by atoms with Gasteiger partial charge in [0.05, 0.1) is 18.4 Å². The minimum absolute atomic E-state index is 0.735. The highest BCUT2D eigenvalue weighted by molar-refractivity contribution is 6.02. The normalized spacial score (nSPS) is 14.2. The topological polar surface area (TPSA) is 36.3 Å². The number of nitrogens with zero attached hydrogens (tertiary/aromatic N) is 2. The van der Waals surface area contributed by atoms with Crippen molar-refractivity contribution >= 4 is 16.5 Å². The van der Waals surface area contributed by atoms with E-state index < -0.39 is 0 Å². The molecule has 0 amide bonds. The molecule has 4 aromatic carbocycles. The van der Waals surface area contributed by atoms with Gasteiger partial charge in [-0.15, -0.1) is 0 Å². The number of nitriles is 1. The summed E-state index contributed by atoms with van der Waals surface area (Å²) in [5.41, 5.74) is 7.46. The Morgan fingerprint density at radius 1 is 0.912 bits per heavy atom. The van der Waals surface area contributed by atoms with Crippen LogP contribution in [0.2, 0.25) is 0 Å². The van der Waals surface area contributed by atoms with Gasteiger partial charge in [0.1, 0.15) is 11.8 Å². The smallest absolute Gasteiger partial charge is 0.118 e. The van der Waals surface area contributed by atoms with Crippen molar-refractivity contribution in [2.24, 2.45) is 5.92 Å². The summed E-state index contributed by atoms with van der Waals surface area (Å²) in [5.74, 6) is 1.56. The molecule has 170 valence electrons. The van der Waals surface area contributed by atoms with Crippen molar-refractivity contribution in [3.05, 3.63) is 83.9 Å². The van der Waals surface area contributed by atoms with Gasteiger partial charge in [-0.25, -0.2) is 0 Å². The zero-order chi connectivity index (χ0) is 23.7. The van der Waals surface area contributed by atoms with Crippen molar-refractivity contribution in [2.45, 2.75) is 26.7 Å². The molecule has 4 aromatic rings. The van der Waals surface area contributed by atoms with E-state index in [1.54, 1.807) is 7.11 Å². The Labute approximate surface area is 202 Å². The van der Waals surface area contributed by atoms with Crippen LogP contribution < -0.4 is 9.64 Å². The molecule has 1 fully saturated rings. The molecule has 34 heavy (non-hydrogen) atoms. The lowest BCUT2D eigenvalue weighted by atomic mass is 9.85. The standard InChI is InChI=1S/C31H30N2O/c1-21-15-17-33(18-16-21)30-19-28(27-10-6-8-23-7-4-5-9-26(23)27)31(22(2)29(30)20-32)24-11-13-25(34-3)14-12-24/h4-14,19,21H,15-18H2,1-3H3. The first-order valence-electron chi connectivity index (χ1n) is 12.1. The molecule has 0 unspecified atom stereocenters. The van der Waals surface area contributed by atoms with Gasteiger partial charge in [-0.2, -0.15) is 5.26 Å². The fraction of sp³-hybridized carbons (Fsp3) is 0.258. The Kier molecular flexibility index (Phi) is 5.99. The number of fused-ring (bicyclic) bond motifs is 1. The van der Waals surface area contributed by atoms with Gasteiger partial charge in [-0.3, -0.25) is 0 Å². The van der Waals surface area contributed by atoms with Gasteiger partial charge < -0.3 is 9.64 Å². The molecule has 0 aromatic heterocycles. The van der Waals surface area contributed by atoms with Gasteiger partial charge in [-0.05, 0) is 82.5 Å². The molecule has 1 aliphatic heterocycles. The van der Waals surface area contributed by atoms with Gasteiger partial charge in [0.2, 0.25) is 0 Å². The van der Waals surface area contributed by atoms with Crippen LogP contribution in [0.15, 0.2) is 72.8 Å². The second-order valence-electron chi connectivity index (χ2n) is 9.35. The third-order valence-corrected chi connectivity index (χ3v) is 7.25. The lowest BCUT2D eigenvalue weighted by Crippen LogP contribution is -2.33. The number of benzene rings is 4.